The van der Waals surface area contributed by atoms with Crippen LogP contribution in [0.2, 0.25) is 0 Å². The van der Waals surface area contributed by atoms with Gasteiger partial charge in [-0.2, -0.15) is 0 Å². The molecule has 0 atom stereocenters. The molecule has 0 aromatic carbocycles. The summed E-state index contributed by atoms with van der Waals surface area (Å²) in [6, 6.07) is 1.97. The maximum Gasteiger partial charge on any atom is 0.242 e. The molecule has 0 saturated carbocycles. The largest absolute Gasteiger partial charge is 0.385 e. The molecule has 3 heterocycles. The van der Waals surface area contributed by atoms with Gasteiger partial charge in [-0.15, -0.1) is 0 Å². The molecular weight excluding hydrogens is 290 g/mol. The van der Waals surface area contributed by atoms with Crippen LogP contribution in [0.25, 0.3) is 10.9 Å². The van der Waals surface area contributed by atoms with Gasteiger partial charge in [0, 0.05) is 50.8 Å². The molecule has 23 heavy (non-hydrogen) atoms. The molecule has 0 unspecified atom stereocenters. The molecule has 1 fully saturated rings. The molecule has 0 radical (unpaired) electrons. The molecular formula is C18H27N3O2. The first kappa shape index (κ1) is 17.5. The second-order valence-electron chi connectivity index (χ2n) is 5.78. The third kappa shape index (κ3) is 3.91. The van der Waals surface area contributed by atoms with Crippen molar-refractivity contribution < 1.29 is 9.53 Å². The van der Waals surface area contributed by atoms with Crippen LogP contribution >= 0.6 is 0 Å². The van der Waals surface area contributed by atoms with Crippen molar-refractivity contribution in [2.24, 2.45) is 5.92 Å². The van der Waals surface area contributed by atoms with Crippen LogP contribution in [0, 0.1) is 12.8 Å². The Balaban J connectivity index is 0.000000924. The molecule has 0 aliphatic carbocycles. The summed E-state index contributed by atoms with van der Waals surface area (Å²) in [5.74, 6) is 0.790. The lowest BCUT2D eigenvalue weighted by Gasteiger charge is -2.39. The lowest BCUT2D eigenvalue weighted by molar-refractivity contribution is -0.138. The van der Waals surface area contributed by atoms with Crippen LogP contribution in [-0.2, 0) is 16.1 Å². The van der Waals surface area contributed by atoms with Gasteiger partial charge in [0.15, 0.2) is 0 Å². The standard InChI is InChI=1S/C16H21N3O2.C2H6/c1-12-8-18(15-3-5-17-7-14(12)15)11-16(20)19-9-13(10-19)4-6-21-2;1-2/h3,5,7-8,13H,4,6,9-11H2,1-2H3;1-2H3. The van der Waals surface area contributed by atoms with Crippen LogP contribution in [0.1, 0.15) is 25.8 Å². The van der Waals surface area contributed by atoms with Gasteiger partial charge in [0.1, 0.15) is 6.54 Å². The first-order valence-electron chi connectivity index (χ1n) is 8.35. The first-order valence-corrected chi connectivity index (χ1v) is 8.35. The maximum absolute atomic E-state index is 12.3. The van der Waals surface area contributed by atoms with Crippen molar-refractivity contribution >= 4 is 16.8 Å². The van der Waals surface area contributed by atoms with Gasteiger partial charge in [-0.1, -0.05) is 13.8 Å². The van der Waals surface area contributed by atoms with Crippen LogP contribution in [0.4, 0.5) is 0 Å². The van der Waals surface area contributed by atoms with Gasteiger partial charge in [-0.25, -0.2) is 0 Å². The van der Waals surface area contributed by atoms with E-state index in [4.69, 9.17) is 4.74 Å². The van der Waals surface area contributed by atoms with Gasteiger partial charge in [-0.3, -0.25) is 9.78 Å². The van der Waals surface area contributed by atoms with Crippen molar-refractivity contribution in [3.8, 4) is 0 Å². The Bertz CT molecular complexity index is 645. The quantitative estimate of drug-likeness (QED) is 0.852. The van der Waals surface area contributed by atoms with Crippen LogP contribution in [-0.4, -0.2) is 47.2 Å². The van der Waals surface area contributed by atoms with Gasteiger partial charge in [0.25, 0.3) is 0 Å². The molecule has 0 spiro atoms. The van der Waals surface area contributed by atoms with E-state index in [2.05, 4.69) is 11.9 Å². The zero-order valence-electron chi connectivity index (χ0n) is 14.6. The molecule has 5 nitrogen and oxygen atoms in total. The molecule has 3 rings (SSSR count). The number of ether oxygens (including phenoxy) is 1. The van der Waals surface area contributed by atoms with Crippen molar-refractivity contribution in [2.75, 3.05) is 26.8 Å². The highest BCUT2D eigenvalue weighted by molar-refractivity contribution is 5.85. The number of amides is 1. The number of hydrogen-bond acceptors (Lipinski definition) is 3. The van der Waals surface area contributed by atoms with Gasteiger partial charge in [0.05, 0.1) is 5.52 Å². The Labute approximate surface area is 138 Å². The van der Waals surface area contributed by atoms with Gasteiger partial charge < -0.3 is 14.2 Å². The maximum atomic E-state index is 12.3. The normalized spacial score (nSPS) is 14.3. The number of pyridine rings is 1. The SMILES string of the molecule is CC.COCCC1CN(C(=O)Cn2cc(C)c3cnccc32)C1. The smallest absolute Gasteiger partial charge is 0.242 e. The minimum atomic E-state index is 0.192. The van der Waals surface area contributed by atoms with E-state index in [1.807, 2.05) is 41.8 Å². The van der Waals surface area contributed by atoms with E-state index >= 15 is 0 Å². The summed E-state index contributed by atoms with van der Waals surface area (Å²) in [6.07, 6.45) is 6.70. The van der Waals surface area contributed by atoms with Gasteiger partial charge in [0.2, 0.25) is 5.91 Å². The highest BCUT2D eigenvalue weighted by Gasteiger charge is 2.30. The zero-order valence-corrected chi connectivity index (χ0v) is 14.6. The fourth-order valence-corrected chi connectivity index (χ4v) is 2.93. The average Bonchev–Trinajstić information content (AvgIpc) is 2.84. The van der Waals surface area contributed by atoms with E-state index in [9.17, 15) is 4.79 Å². The summed E-state index contributed by atoms with van der Waals surface area (Å²) in [7, 11) is 1.72. The van der Waals surface area contributed by atoms with Crippen molar-refractivity contribution in [2.45, 2.75) is 33.7 Å². The third-order valence-corrected chi connectivity index (χ3v) is 4.23. The van der Waals surface area contributed by atoms with Crippen LogP contribution in [0.15, 0.2) is 24.7 Å². The monoisotopic (exact) mass is 317 g/mol. The molecule has 1 aliphatic heterocycles. The molecule has 5 heteroatoms. The predicted molar refractivity (Wildman–Crippen MR) is 92.4 cm³/mol. The number of aryl methyl sites for hydroxylation is 1. The van der Waals surface area contributed by atoms with Gasteiger partial charge >= 0.3 is 0 Å². The minimum Gasteiger partial charge on any atom is -0.385 e. The van der Waals surface area contributed by atoms with Crippen molar-refractivity contribution in [1.82, 2.24) is 14.5 Å². The summed E-state index contributed by atoms with van der Waals surface area (Å²) in [5, 5.41) is 1.12. The molecule has 0 N–H and O–H groups in total. The second kappa shape index (κ2) is 8.11. The molecule has 2 aromatic heterocycles. The Hall–Kier alpha value is -1.88. The second-order valence-corrected chi connectivity index (χ2v) is 5.78. The highest BCUT2D eigenvalue weighted by atomic mass is 16.5. The van der Waals surface area contributed by atoms with E-state index < -0.39 is 0 Å². The number of rotatable bonds is 5. The van der Waals surface area contributed by atoms with Crippen molar-refractivity contribution in [3.05, 3.63) is 30.2 Å². The summed E-state index contributed by atoms with van der Waals surface area (Å²) < 4.78 is 7.10. The number of nitrogens with zero attached hydrogens (tertiary/aromatic N) is 3. The Morgan fingerprint density at radius 3 is 2.83 bits per heavy atom. The molecule has 126 valence electrons. The topological polar surface area (TPSA) is 47.4 Å². The number of likely N-dealkylation sites (tertiary alicyclic amines) is 1. The lowest BCUT2D eigenvalue weighted by Crippen LogP contribution is -2.51. The Morgan fingerprint density at radius 2 is 2.13 bits per heavy atom. The molecule has 2 aromatic rings. The summed E-state index contributed by atoms with van der Waals surface area (Å²) in [6.45, 7) is 8.96. The van der Waals surface area contributed by atoms with Crippen molar-refractivity contribution in [3.63, 3.8) is 0 Å². The molecule has 1 aliphatic rings. The lowest BCUT2D eigenvalue weighted by atomic mass is 9.97. The number of carbonyl (C=O) groups is 1. The van der Waals surface area contributed by atoms with E-state index in [1.165, 1.54) is 0 Å². The number of aromatic nitrogens is 2. The van der Waals surface area contributed by atoms with Crippen LogP contribution in [0.3, 0.4) is 0 Å². The highest BCUT2D eigenvalue weighted by Crippen LogP contribution is 2.22. The summed E-state index contributed by atoms with van der Waals surface area (Å²) in [4.78, 5) is 18.4. The molecule has 0 bridgehead atoms. The number of carbonyl (C=O) groups excluding carboxylic acids is 1. The fraction of sp³-hybridized carbons (Fsp3) is 0.556. The van der Waals surface area contributed by atoms with E-state index in [0.29, 0.717) is 12.5 Å². The summed E-state index contributed by atoms with van der Waals surface area (Å²) in [5.41, 5.74) is 2.24. The van der Waals surface area contributed by atoms with Crippen LogP contribution in [0.5, 0.6) is 0 Å². The molecule has 1 saturated heterocycles. The fourth-order valence-electron chi connectivity index (χ4n) is 2.93. The number of fused-ring (bicyclic) bond motifs is 1. The van der Waals surface area contributed by atoms with Crippen LogP contribution < -0.4 is 0 Å². The predicted octanol–water partition coefficient (Wildman–Crippen LogP) is 2.87. The third-order valence-electron chi connectivity index (χ3n) is 4.23. The van der Waals surface area contributed by atoms with Crippen molar-refractivity contribution in [1.29, 1.82) is 0 Å². The van der Waals surface area contributed by atoms with Gasteiger partial charge in [-0.05, 0) is 30.9 Å². The van der Waals surface area contributed by atoms with E-state index in [-0.39, 0.29) is 5.91 Å². The Morgan fingerprint density at radius 1 is 1.39 bits per heavy atom. The first-order chi connectivity index (χ1) is 11.2. The molecule has 1 amide bonds. The number of hydrogen-bond donors (Lipinski definition) is 0. The minimum absolute atomic E-state index is 0.192. The van der Waals surface area contributed by atoms with E-state index in [1.54, 1.807) is 13.3 Å². The van der Waals surface area contributed by atoms with E-state index in [0.717, 1.165) is 42.6 Å². The summed E-state index contributed by atoms with van der Waals surface area (Å²) >= 11 is 0. The Kier molecular flexibility index (Phi) is 6.16. The average molecular weight is 317 g/mol. The zero-order chi connectivity index (χ0) is 16.8. The number of methoxy groups -OCH3 is 1.